The van der Waals surface area contributed by atoms with Crippen LogP contribution < -0.4 is 0 Å². The van der Waals surface area contributed by atoms with E-state index in [4.69, 9.17) is 0 Å². The van der Waals surface area contributed by atoms with Crippen LogP contribution in [0.2, 0.25) is 0 Å². The van der Waals surface area contributed by atoms with Gasteiger partial charge in [0.1, 0.15) is 0 Å². The lowest BCUT2D eigenvalue weighted by Crippen LogP contribution is -1.95. The highest BCUT2D eigenvalue weighted by Crippen LogP contribution is 2.35. The third kappa shape index (κ3) is 3.31. The number of benzene rings is 3. The maximum absolute atomic E-state index is 4.17. The van der Waals surface area contributed by atoms with E-state index in [2.05, 4.69) is 113 Å². The number of hydrogen-bond donors (Lipinski definition) is 1. The van der Waals surface area contributed by atoms with Crippen molar-refractivity contribution in [3.8, 4) is 0 Å². The Bertz CT molecular complexity index is 1060. The fourth-order valence-corrected chi connectivity index (χ4v) is 3.75. The molecule has 4 aromatic rings. The standard InChI is InChI=1S/C23H19IN2/c1-2-21(16-6-4-3-5-7-16)23(17-8-11-20(24)12-9-17)18-10-13-22-19(14-18)15-25-26-22/h3-15H,2H2,1H3,(H,25,26). The zero-order valence-electron chi connectivity index (χ0n) is 14.5. The van der Waals surface area contributed by atoms with Crippen molar-refractivity contribution in [3.63, 3.8) is 0 Å². The summed E-state index contributed by atoms with van der Waals surface area (Å²) in [5.74, 6) is 0. The average molecular weight is 450 g/mol. The number of nitrogens with one attached hydrogen (secondary N) is 1. The number of nitrogens with zero attached hydrogens (tertiary/aromatic N) is 1. The Hall–Kier alpha value is -2.40. The van der Waals surface area contributed by atoms with Gasteiger partial charge in [0.05, 0.1) is 11.7 Å². The maximum atomic E-state index is 4.17. The first-order valence-corrected chi connectivity index (χ1v) is 9.82. The van der Waals surface area contributed by atoms with Crippen molar-refractivity contribution in [2.75, 3.05) is 0 Å². The van der Waals surface area contributed by atoms with Crippen molar-refractivity contribution in [1.29, 1.82) is 0 Å². The Morgan fingerprint density at radius 2 is 1.62 bits per heavy atom. The van der Waals surface area contributed by atoms with Crippen LogP contribution in [-0.4, -0.2) is 10.2 Å². The van der Waals surface area contributed by atoms with Gasteiger partial charge in [-0.2, -0.15) is 5.10 Å². The van der Waals surface area contributed by atoms with Crippen LogP contribution in [0.25, 0.3) is 22.0 Å². The lowest BCUT2D eigenvalue weighted by atomic mass is 9.88. The molecule has 0 bridgehead atoms. The van der Waals surface area contributed by atoms with Crippen LogP contribution in [0.15, 0.2) is 79.0 Å². The molecule has 0 aliphatic rings. The Morgan fingerprint density at radius 1 is 0.885 bits per heavy atom. The van der Waals surface area contributed by atoms with E-state index in [1.54, 1.807) is 0 Å². The smallest absolute Gasteiger partial charge is 0.0650 e. The van der Waals surface area contributed by atoms with Gasteiger partial charge in [-0.3, -0.25) is 5.10 Å². The third-order valence-corrected chi connectivity index (χ3v) is 5.36. The minimum absolute atomic E-state index is 0.967. The van der Waals surface area contributed by atoms with E-state index in [9.17, 15) is 0 Å². The summed E-state index contributed by atoms with van der Waals surface area (Å²) in [5, 5.41) is 8.34. The normalized spacial score (nSPS) is 12.2. The van der Waals surface area contributed by atoms with E-state index in [-0.39, 0.29) is 0 Å². The van der Waals surface area contributed by atoms with Crippen LogP contribution >= 0.6 is 22.6 Å². The van der Waals surface area contributed by atoms with E-state index in [1.165, 1.54) is 31.4 Å². The van der Waals surface area contributed by atoms with Crippen molar-refractivity contribution in [3.05, 3.63) is 99.3 Å². The molecule has 0 aliphatic carbocycles. The molecule has 26 heavy (non-hydrogen) atoms. The minimum atomic E-state index is 0.967. The topological polar surface area (TPSA) is 28.7 Å². The molecule has 0 atom stereocenters. The summed E-state index contributed by atoms with van der Waals surface area (Å²) >= 11 is 2.35. The fraction of sp³-hybridized carbons (Fsp3) is 0.0870. The van der Waals surface area contributed by atoms with Crippen LogP contribution in [-0.2, 0) is 0 Å². The van der Waals surface area contributed by atoms with Crippen LogP contribution in [0.5, 0.6) is 0 Å². The molecule has 0 spiro atoms. The summed E-state index contributed by atoms with van der Waals surface area (Å²) in [6.45, 7) is 2.23. The molecule has 1 heterocycles. The monoisotopic (exact) mass is 450 g/mol. The highest BCUT2D eigenvalue weighted by molar-refractivity contribution is 14.1. The van der Waals surface area contributed by atoms with E-state index < -0.39 is 0 Å². The Labute approximate surface area is 167 Å². The second-order valence-electron chi connectivity index (χ2n) is 6.25. The molecule has 4 rings (SSSR count). The minimum Gasteiger partial charge on any atom is -0.278 e. The predicted molar refractivity (Wildman–Crippen MR) is 118 cm³/mol. The SMILES string of the molecule is CCC(=C(c1ccc(I)cc1)c1ccc2[nH]ncc2c1)c1ccccc1. The van der Waals surface area contributed by atoms with Crippen molar-refractivity contribution in [1.82, 2.24) is 10.2 Å². The molecule has 0 saturated heterocycles. The van der Waals surface area contributed by atoms with Gasteiger partial charge in [0, 0.05) is 8.96 Å². The van der Waals surface area contributed by atoms with Gasteiger partial charge >= 0.3 is 0 Å². The van der Waals surface area contributed by atoms with E-state index >= 15 is 0 Å². The second kappa shape index (κ2) is 7.46. The molecule has 0 unspecified atom stereocenters. The van der Waals surface area contributed by atoms with Gasteiger partial charge in [-0.05, 0) is 81.1 Å². The first kappa shape index (κ1) is 17.0. The summed E-state index contributed by atoms with van der Waals surface area (Å²) in [4.78, 5) is 0. The highest BCUT2D eigenvalue weighted by atomic mass is 127. The Morgan fingerprint density at radius 3 is 2.35 bits per heavy atom. The van der Waals surface area contributed by atoms with Crippen molar-refractivity contribution in [2.24, 2.45) is 0 Å². The number of allylic oxidation sites excluding steroid dienone is 1. The van der Waals surface area contributed by atoms with E-state index in [0.717, 1.165) is 17.3 Å². The molecule has 128 valence electrons. The van der Waals surface area contributed by atoms with Gasteiger partial charge < -0.3 is 0 Å². The maximum Gasteiger partial charge on any atom is 0.0650 e. The van der Waals surface area contributed by atoms with Crippen LogP contribution in [0.1, 0.15) is 30.0 Å². The largest absolute Gasteiger partial charge is 0.278 e. The van der Waals surface area contributed by atoms with Gasteiger partial charge in [-0.25, -0.2) is 0 Å². The second-order valence-corrected chi connectivity index (χ2v) is 7.50. The lowest BCUT2D eigenvalue weighted by molar-refractivity contribution is 1.12. The molecule has 0 amide bonds. The van der Waals surface area contributed by atoms with Gasteiger partial charge in [0.15, 0.2) is 0 Å². The van der Waals surface area contributed by atoms with Gasteiger partial charge in [0.25, 0.3) is 0 Å². The number of halogens is 1. The zero-order chi connectivity index (χ0) is 17.9. The van der Waals surface area contributed by atoms with Crippen molar-refractivity contribution < 1.29 is 0 Å². The van der Waals surface area contributed by atoms with Crippen LogP contribution in [0.3, 0.4) is 0 Å². The molecular formula is C23H19IN2. The number of H-pyrrole nitrogens is 1. The highest BCUT2D eigenvalue weighted by Gasteiger charge is 2.13. The molecule has 1 aromatic heterocycles. The molecule has 2 nitrogen and oxygen atoms in total. The summed E-state index contributed by atoms with van der Waals surface area (Å²) in [6, 6.07) is 26.0. The van der Waals surface area contributed by atoms with Crippen molar-refractivity contribution >= 4 is 44.6 Å². The number of aromatic nitrogens is 2. The molecule has 3 aromatic carbocycles. The summed E-state index contributed by atoms with van der Waals surface area (Å²) in [7, 11) is 0. The van der Waals surface area contributed by atoms with Gasteiger partial charge in [0.2, 0.25) is 0 Å². The van der Waals surface area contributed by atoms with Crippen molar-refractivity contribution in [2.45, 2.75) is 13.3 Å². The first-order chi connectivity index (χ1) is 12.8. The molecular weight excluding hydrogens is 431 g/mol. The summed E-state index contributed by atoms with van der Waals surface area (Å²) in [6.07, 6.45) is 2.85. The first-order valence-electron chi connectivity index (χ1n) is 8.74. The summed E-state index contributed by atoms with van der Waals surface area (Å²) < 4.78 is 1.24. The molecule has 0 fully saturated rings. The average Bonchev–Trinajstić information content (AvgIpc) is 3.15. The van der Waals surface area contributed by atoms with E-state index in [1.807, 2.05) is 6.20 Å². The van der Waals surface area contributed by atoms with E-state index in [0.29, 0.717) is 0 Å². The van der Waals surface area contributed by atoms with Gasteiger partial charge in [-0.1, -0.05) is 55.5 Å². The fourth-order valence-electron chi connectivity index (χ4n) is 3.39. The number of fused-ring (bicyclic) bond motifs is 1. The molecule has 3 heteroatoms. The number of hydrogen-bond acceptors (Lipinski definition) is 1. The predicted octanol–water partition coefficient (Wildman–Crippen LogP) is 6.54. The number of rotatable bonds is 4. The van der Waals surface area contributed by atoms with Crippen LogP contribution in [0, 0.1) is 3.57 Å². The molecule has 0 saturated carbocycles. The van der Waals surface area contributed by atoms with Crippen LogP contribution in [0.4, 0.5) is 0 Å². The third-order valence-electron chi connectivity index (χ3n) is 4.64. The Kier molecular flexibility index (Phi) is 4.89. The lowest BCUT2D eigenvalue weighted by Gasteiger charge is -2.16. The Balaban J connectivity index is 1.99. The quantitative estimate of drug-likeness (QED) is 0.278. The molecule has 0 aliphatic heterocycles. The summed E-state index contributed by atoms with van der Waals surface area (Å²) in [5.41, 5.74) is 7.45. The van der Waals surface area contributed by atoms with Gasteiger partial charge in [-0.15, -0.1) is 0 Å². The molecule has 0 radical (unpaired) electrons. The molecule has 1 N–H and O–H groups in total. The zero-order valence-corrected chi connectivity index (χ0v) is 16.7. The number of aromatic amines is 1.